The number of carbonyl (C=O) groups excluding carboxylic acids is 4. The van der Waals surface area contributed by atoms with Gasteiger partial charge in [-0.25, -0.2) is 8.42 Å². The monoisotopic (exact) mass is 644 g/mol. The molecule has 2 heterocycles. The van der Waals surface area contributed by atoms with Crippen molar-refractivity contribution in [3.05, 3.63) is 70.2 Å². The fourth-order valence-corrected chi connectivity index (χ4v) is 7.96. The number of halogens is 1. The van der Waals surface area contributed by atoms with E-state index in [1.165, 1.54) is 11.8 Å². The maximum Gasteiger partial charge on any atom is 0.227 e. The Labute approximate surface area is 264 Å². The van der Waals surface area contributed by atoms with E-state index in [2.05, 4.69) is 0 Å². The number of rotatable bonds is 12. The van der Waals surface area contributed by atoms with Crippen LogP contribution in [-0.4, -0.2) is 91.1 Å². The first-order chi connectivity index (χ1) is 21.0. The van der Waals surface area contributed by atoms with E-state index in [0.717, 1.165) is 11.1 Å². The number of sulfone groups is 1. The molecule has 10 nitrogen and oxygen atoms in total. The highest BCUT2D eigenvalue weighted by Gasteiger charge is 2.39. The first kappa shape index (κ1) is 33.6. The first-order valence-electron chi connectivity index (χ1n) is 15.1. The molecule has 2 fully saturated rings. The molecule has 0 aliphatic carbocycles. The van der Waals surface area contributed by atoms with Crippen LogP contribution in [0.1, 0.15) is 49.3 Å². The highest BCUT2D eigenvalue weighted by Crippen LogP contribution is 2.26. The van der Waals surface area contributed by atoms with Gasteiger partial charge < -0.3 is 20.4 Å². The Kier molecular flexibility index (Phi) is 11.6. The highest BCUT2D eigenvalue weighted by atomic mass is 35.5. The molecular weight excluding hydrogens is 604 g/mol. The van der Waals surface area contributed by atoms with Crippen molar-refractivity contribution in [3.8, 4) is 0 Å². The summed E-state index contributed by atoms with van der Waals surface area (Å²) in [5.74, 6) is -2.90. The van der Waals surface area contributed by atoms with Gasteiger partial charge >= 0.3 is 0 Å². The second kappa shape index (κ2) is 15.1. The van der Waals surface area contributed by atoms with E-state index in [4.69, 9.17) is 17.3 Å². The minimum atomic E-state index is -3.78. The van der Waals surface area contributed by atoms with Gasteiger partial charge in [0, 0.05) is 64.1 Å². The standard InChI is InChI=1S/C32H41ClN4O6S/c1-23(38)35-14-16-36(17-15-35)31(40)19-27(22-44(42,43)21-24-6-3-2-4-7-24)32(41)37-13-5-8-29(37)30(39)12-10-25-18-28(33)11-9-26(25)20-34/h2-4,6-7,9,11,18,27,29H,5,8,10,12-17,19-22,34H2,1H3/t27-,29-/m0/s1. The fourth-order valence-electron chi connectivity index (χ4n) is 6.07. The second-order valence-electron chi connectivity index (χ2n) is 11.6. The third kappa shape index (κ3) is 8.89. The summed E-state index contributed by atoms with van der Waals surface area (Å²) in [5, 5.41) is 0.550. The van der Waals surface area contributed by atoms with Crippen molar-refractivity contribution in [3.63, 3.8) is 0 Å². The molecule has 238 valence electrons. The minimum Gasteiger partial charge on any atom is -0.339 e. The zero-order chi connectivity index (χ0) is 31.9. The number of aryl methyl sites for hydroxylation is 1. The summed E-state index contributed by atoms with van der Waals surface area (Å²) < 4.78 is 26.7. The molecule has 0 radical (unpaired) electrons. The molecule has 2 aliphatic rings. The largest absolute Gasteiger partial charge is 0.339 e. The Morgan fingerprint density at radius 1 is 0.955 bits per heavy atom. The van der Waals surface area contributed by atoms with Gasteiger partial charge in [-0.05, 0) is 48.1 Å². The van der Waals surface area contributed by atoms with Crippen molar-refractivity contribution in [2.45, 2.75) is 57.4 Å². The van der Waals surface area contributed by atoms with Crippen molar-refractivity contribution in [2.24, 2.45) is 11.7 Å². The van der Waals surface area contributed by atoms with Crippen LogP contribution in [0, 0.1) is 5.92 Å². The number of hydrogen-bond donors (Lipinski definition) is 1. The van der Waals surface area contributed by atoms with Gasteiger partial charge in [-0.1, -0.05) is 48.0 Å². The molecule has 4 rings (SSSR count). The van der Waals surface area contributed by atoms with Gasteiger partial charge in [0.2, 0.25) is 17.7 Å². The van der Waals surface area contributed by atoms with Gasteiger partial charge in [-0.2, -0.15) is 0 Å². The molecule has 0 aromatic heterocycles. The number of carbonyl (C=O) groups is 4. The van der Waals surface area contributed by atoms with Gasteiger partial charge in [-0.15, -0.1) is 0 Å². The van der Waals surface area contributed by atoms with E-state index < -0.39 is 33.5 Å². The molecule has 2 N–H and O–H groups in total. The molecule has 12 heteroatoms. The molecule has 0 bridgehead atoms. The van der Waals surface area contributed by atoms with E-state index in [-0.39, 0.29) is 36.2 Å². The molecule has 2 aromatic rings. The van der Waals surface area contributed by atoms with Crippen molar-refractivity contribution in [1.29, 1.82) is 0 Å². The van der Waals surface area contributed by atoms with Gasteiger partial charge in [0.1, 0.15) is 0 Å². The van der Waals surface area contributed by atoms with E-state index in [9.17, 15) is 27.6 Å². The van der Waals surface area contributed by atoms with E-state index in [1.807, 2.05) is 6.07 Å². The van der Waals surface area contributed by atoms with Gasteiger partial charge in [0.05, 0.1) is 23.5 Å². The Bertz CT molecular complexity index is 1460. The summed E-state index contributed by atoms with van der Waals surface area (Å²) in [6.45, 7) is 3.50. The second-order valence-corrected chi connectivity index (χ2v) is 14.1. The number of hydrogen-bond acceptors (Lipinski definition) is 7. The predicted molar refractivity (Wildman–Crippen MR) is 168 cm³/mol. The number of Topliss-reactive ketones (excluding diaryl/α,β-unsaturated/α-hetero) is 1. The van der Waals surface area contributed by atoms with E-state index >= 15 is 0 Å². The molecule has 2 atom stereocenters. The van der Waals surface area contributed by atoms with Gasteiger partial charge in [0.15, 0.2) is 15.6 Å². The number of nitrogens with two attached hydrogens (primary N) is 1. The molecular formula is C32H41ClN4O6S. The molecule has 2 saturated heterocycles. The zero-order valence-electron chi connectivity index (χ0n) is 25.1. The summed E-state index contributed by atoms with van der Waals surface area (Å²) in [6.07, 6.45) is 1.40. The molecule has 44 heavy (non-hydrogen) atoms. The number of nitrogens with zero attached hydrogens (tertiary/aromatic N) is 3. The van der Waals surface area contributed by atoms with Crippen LogP contribution in [0.3, 0.4) is 0 Å². The smallest absolute Gasteiger partial charge is 0.227 e. The highest BCUT2D eigenvalue weighted by molar-refractivity contribution is 7.90. The van der Waals surface area contributed by atoms with Crippen LogP contribution in [0.2, 0.25) is 5.02 Å². The lowest BCUT2D eigenvalue weighted by molar-refractivity contribution is -0.144. The third-order valence-corrected chi connectivity index (χ3v) is 10.4. The number of likely N-dealkylation sites (tertiary alicyclic amines) is 1. The Morgan fingerprint density at radius 3 is 2.30 bits per heavy atom. The average Bonchev–Trinajstić information content (AvgIpc) is 3.49. The van der Waals surface area contributed by atoms with Crippen LogP contribution in [0.5, 0.6) is 0 Å². The van der Waals surface area contributed by atoms with Crippen LogP contribution in [0.4, 0.5) is 0 Å². The lowest BCUT2D eigenvalue weighted by Gasteiger charge is -2.35. The van der Waals surface area contributed by atoms with Crippen molar-refractivity contribution in [1.82, 2.24) is 14.7 Å². The summed E-state index contributed by atoms with van der Waals surface area (Å²) in [4.78, 5) is 57.3. The van der Waals surface area contributed by atoms with Crippen LogP contribution in [0.15, 0.2) is 48.5 Å². The summed E-state index contributed by atoms with van der Waals surface area (Å²) >= 11 is 6.16. The third-order valence-electron chi connectivity index (χ3n) is 8.47. The van der Waals surface area contributed by atoms with Gasteiger partial charge in [-0.3, -0.25) is 19.2 Å². The van der Waals surface area contributed by atoms with E-state index in [1.54, 1.807) is 52.3 Å². The molecule has 2 aliphatic heterocycles. The quantitative estimate of drug-likeness (QED) is 0.375. The zero-order valence-corrected chi connectivity index (χ0v) is 26.7. The average molecular weight is 645 g/mol. The van der Waals surface area contributed by atoms with Crippen molar-refractivity contribution < 1.29 is 27.6 Å². The van der Waals surface area contributed by atoms with Gasteiger partial charge in [0.25, 0.3) is 0 Å². The minimum absolute atomic E-state index is 0.0727. The summed E-state index contributed by atoms with van der Waals surface area (Å²) in [6, 6.07) is 13.4. The summed E-state index contributed by atoms with van der Waals surface area (Å²) in [5.41, 5.74) is 8.23. The predicted octanol–water partition coefficient (Wildman–Crippen LogP) is 2.60. The fraction of sp³-hybridized carbons (Fsp3) is 0.500. The molecule has 2 aromatic carbocycles. The Morgan fingerprint density at radius 2 is 1.64 bits per heavy atom. The van der Waals surface area contributed by atoms with Crippen molar-refractivity contribution in [2.75, 3.05) is 38.5 Å². The maximum atomic E-state index is 14.0. The topological polar surface area (TPSA) is 138 Å². The summed E-state index contributed by atoms with van der Waals surface area (Å²) in [7, 11) is -3.78. The Hall–Kier alpha value is -3.28. The number of piperazine rings is 1. The number of ketones is 1. The van der Waals surface area contributed by atoms with Crippen LogP contribution < -0.4 is 5.73 Å². The van der Waals surface area contributed by atoms with Crippen LogP contribution >= 0.6 is 11.6 Å². The maximum absolute atomic E-state index is 14.0. The Balaban J connectivity index is 1.49. The molecule has 0 spiro atoms. The van der Waals surface area contributed by atoms with E-state index in [0.29, 0.717) is 69.1 Å². The number of benzene rings is 2. The molecule has 3 amide bonds. The van der Waals surface area contributed by atoms with Crippen LogP contribution in [-0.2, 0) is 47.7 Å². The van der Waals surface area contributed by atoms with Crippen LogP contribution in [0.25, 0.3) is 0 Å². The lowest BCUT2D eigenvalue weighted by atomic mass is 9.97. The van der Waals surface area contributed by atoms with Crippen molar-refractivity contribution >= 4 is 44.9 Å². The number of amides is 3. The molecule has 0 unspecified atom stereocenters. The SMILES string of the molecule is CC(=O)N1CCN(C(=O)C[C@@H](CS(=O)(=O)Cc2ccccc2)C(=O)N2CCC[C@H]2C(=O)CCc2cc(Cl)ccc2CN)CC1. The first-order valence-corrected chi connectivity index (χ1v) is 17.3. The lowest BCUT2D eigenvalue weighted by Crippen LogP contribution is -2.51. The molecule has 0 saturated carbocycles. The normalized spacial score (nSPS) is 17.9.